The van der Waals surface area contributed by atoms with Crippen LogP contribution in [0.15, 0.2) is 22.3 Å². The molecule has 0 fully saturated rings. The predicted octanol–water partition coefficient (Wildman–Crippen LogP) is 2.52. The fourth-order valence-corrected chi connectivity index (χ4v) is 5.65. The van der Waals surface area contributed by atoms with Crippen molar-refractivity contribution in [3.05, 3.63) is 49.0 Å². The van der Waals surface area contributed by atoms with Gasteiger partial charge in [0.2, 0.25) is 0 Å². The van der Waals surface area contributed by atoms with E-state index in [0.29, 0.717) is 16.1 Å². The van der Waals surface area contributed by atoms with Gasteiger partial charge in [0.05, 0.1) is 16.3 Å². The zero-order valence-electron chi connectivity index (χ0n) is 13.0. The number of aliphatic carboxylic acids is 1. The summed E-state index contributed by atoms with van der Waals surface area (Å²) in [6.07, 6.45) is 4.87. The zero-order chi connectivity index (χ0) is 17.4. The van der Waals surface area contributed by atoms with Crippen LogP contribution in [0.4, 0.5) is 0 Å². The van der Waals surface area contributed by atoms with Gasteiger partial charge in [-0.15, -0.1) is 34.4 Å². The van der Waals surface area contributed by atoms with Gasteiger partial charge in [0.15, 0.2) is 0 Å². The van der Waals surface area contributed by atoms with Crippen molar-refractivity contribution in [3.63, 3.8) is 0 Å². The Bertz CT molecular complexity index is 1030. The molecule has 3 aromatic rings. The summed E-state index contributed by atoms with van der Waals surface area (Å²) < 4.78 is 0. The second-order valence-corrected chi connectivity index (χ2v) is 8.72. The predicted molar refractivity (Wildman–Crippen MR) is 102 cm³/mol. The summed E-state index contributed by atoms with van der Waals surface area (Å²) in [7, 11) is 0. The van der Waals surface area contributed by atoms with Gasteiger partial charge in [0.1, 0.15) is 10.7 Å². The average molecular weight is 390 g/mol. The van der Waals surface area contributed by atoms with E-state index >= 15 is 0 Å². The normalized spacial score (nSPS) is 14.2. The van der Waals surface area contributed by atoms with Gasteiger partial charge in [-0.05, 0) is 42.3 Å². The molecule has 1 aliphatic carbocycles. The van der Waals surface area contributed by atoms with Crippen molar-refractivity contribution in [2.75, 3.05) is 5.75 Å². The molecule has 0 radical (unpaired) electrons. The molecule has 1 aliphatic rings. The van der Waals surface area contributed by atoms with Gasteiger partial charge < -0.3 is 14.9 Å². The molecule has 0 spiro atoms. The zero-order valence-corrected chi connectivity index (χ0v) is 15.5. The molecule has 3 heterocycles. The molecule has 0 unspecified atom stereocenters. The number of hydrogen-bond acceptors (Lipinski definition) is 7. The van der Waals surface area contributed by atoms with E-state index < -0.39 is 5.97 Å². The van der Waals surface area contributed by atoms with Gasteiger partial charge in [-0.2, -0.15) is 0 Å². The minimum Gasteiger partial charge on any atom is -0.549 e. The van der Waals surface area contributed by atoms with Crippen LogP contribution >= 0.6 is 34.4 Å². The van der Waals surface area contributed by atoms with Crippen molar-refractivity contribution in [3.8, 4) is 0 Å². The Hall–Kier alpha value is -1.90. The number of nitrogens with zero attached hydrogens (tertiary/aromatic N) is 1. The van der Waals surface area contributed by atoms with Crippen LogP contribution < -0.4 is 10.7 Å². The number of rotatable bonds is 5. The standard InChI is InChI=1S/C17H14N2O3S3/c20-13(21)8-24-12(7-9-3-2-6-23-9)15-18-16(22)14-10-4-1-5-11(10)25-17(14)19-15/h2-3,6-7H,1,4-5,8H2,(H,20,21)(H,18,19,22)/p-1/b12-7-. The van der Waals surface area contributed by atoms with Gasteiger partial charge >= 0.3 is 0 Å². The number of hydrogen-bond donors (Lipinski definition) is 1. The topological polar surface area (TPSA) is 85.9 Å². The summed E-state index contributed by atoms with van der Waals surface area (Å²) in [6.45, 7) is 0. The highest BCUT2D eigenvalue weighted by atomic mass is 32.2. The number of aryl methyl sites for hydroxylation is 2. The smallest absolute Gasteiger partial charge is 0.260 e. The Morgan fingerprint density at radius 2 is 2.32 bits per heavy atom. The van der Waals surface area contributed by atoms with E-state index in [4.69, 9.17) is 0 Å². The Morgan fingerprint density at radius 3 is 3.08 bits per heavy atom. The number of carboxylic acid groups (broad SMARTS) is 1. The molecular weight excluding hydrogens is 376 g/mol. The second kappa shape index (κ2) is 6.78. The highest BCUT2D eigenvalue weighted by Crippen LogP contribution is 2.36. The molecule has 0 amide bonds. The number of fused-ring (bicyclic) bond motifs is 3. The lowest BCUT2D eigenvalue weighted by molar-refractivity contribution is -0.301. The summed E-state index contributed by atoms with van der Waals surface area (Å²) in [5, 5.41) is 13.5. The number of aromatic amines is 1. The minimum absolute atomic E-state index is 0.148. The maximum absolute atomic E-state index is 12.6. The Labute approximate surface area is 155 Å². The SMILES string of the molecule is O=C([O-])CS/C(=C\c1cccs1)c1nc2sc3c(c2c(=O)[nH]1)CCC3. The molecule has 8 heteroatoms. The van der Waals surface area contributed by atoms with E-state index in [1.54, 1.807) is 11.3 Å². The number of carbonyl (C=O) groups excluding carboxylic acids is 1. The Balaban J connectivity index is 1.81. The first-order valence-corrected chi connectivity index (χ1v) is 10.4. The maximum Gasteiger partial charge on any atom is 0.260 e. The maximum atomic E-state index is 12.6. The van der Waals surface area contributed by atoms with Crippen molar-refractivity contribution in [1.29, 1.82) is 0 Å². The molecule has 0 saturated heterocycles. The number of carboxylic acids is 1. The van der Waals surface area contributed by atoms with Crippen LogP contribution in [-0.2, 0) is 17.6 Å². The van der Waals surface area contributed by atoms with Crippen LogP contribution in [0, 0.1) is 0 Å². The number of aromatic nitrogens is 2. The lowest BCUT2D eigenvalue weighted by atomic mass is 10.2. The molecule has 0 aliphatic heterocycles. The largest absolute Gasteiger partial charge is 0.549 e. The number of thioether (sulfide) groups is 1. The fourth-order valence-electron chi connectivity index (χ4n) is 2.94. The van der Waals surface area contributed by atoms with Gasteiger partial charge in [0.25, 0.3) is 5.56 Å². The van der Waals surface area contributed by atoms with Crippen molar-refractivity contribution in [1.82, 2.24) is 9.97 Å². The highest BCUT2D eigenvalue weighted by molar-refractivity contribution is 8.09. The first-order valence-electron chi connectivity index (χ1n) is 7.74. The van der Waals surface area contributed by atoms with E-state index in [1.165, 1.54) is 16.2 Å². The third-order valence-electron chi connectivity index (χ3n) is 3.97. The Kier molecular flexibility index (Phi) is 4.49. The van der Waals surface area contributed by atoms with E-state index in [0.717, 1.165) is 46.3 Å². The summed E-state index contributed by atoms with van der Waals surface area (Å²) in [6, 6.07) is 3.85. The van der Waals surface area contributed by atoms with Gasteiger partial charge in [-0.1, -0.05) is 6.07 Å². The molecule has 0 aromatic carbocycles. The first kappa shape index (κ1) is 16.6. The minimum atomic E-state index is -1.15. The molecule has 0 bridgehead atoms. The van der Waals surface area contributed by atoms with Crippen LogP contribution in [-0.4, -0.2) is 21.7 Å². The fraction of sp³-hybridized carbons (Fsp3) is 0.235. The highest BCUT2D eigenvalue weighted by Gasteiger charge is 2.21. The van der Waals surface area contributed by atoms with Crippen LogP contribution in [0.2, 0.25) is 0 Å². The third kappa shape index (κ3) is 3.29. The molecular formula is C17H13N2O3S3-. The second-order valence-electron chi connectivity index (χ2n) is 5.64. The van der Waals surface area contributed by atoms with E-state index in [9.17, 15) is 14.7 Å². The molecule has 25 heavy (non-hydrogen) atoms. The molecule has 1 N–H and O–H groups in total. The number of H-pyrrole nitrogens is 1. The van der Waals surface area contributed by atoms with Crippen LogP contribution in [0.3, 0.4) is 0 Å². The monoisotopic (exact) mass is 389 g/mol. The first-order chi connectivity index (χ1) is 12.1. The molecule has 3 aromatic heterocycles. The van der Waals surface area contributed by atoms with Crippen molar-refractivity contribution in [2.45, 2.75) is 19.3 Å². The summed E-state index contributed by atoms with van der Waals surface area (Å²) in [5.41, 5.74) is 0.983. The van der Waals surface area contributed by atoms with E-state index in [2.05, 4.69) is 9.97 Å². The van der Waals surface area contributed by atoms with Crippen molar-refractivity contribution >= 4 is 61.6 Å². The number of carbonyl (C=O) groups is 1. The molecule has 0 atom stereocenters. The van der Waals surface area contributed by atoms with Gasteiger partial charge in [-0.3, -0.25) is 4.79 Å². The van der Waals surface area contributed by atoms with Crippen molar-refractivity contribution in [2.24, 2.45) is 0 Å². The quantitative estimate of drug-likeness (QED) is 0.725. The van der Waals surface area contributed by atoms with Crippen LogP contribution in [0.25, 0.3) is 21.2 Å². The summed E-state index contributed by atoms with van der Waals surface area (Å²) in [4.78, 5) is 34.5. The lowest BCUT2D eigenvalue weighted by Gasteiger charge is -2.07. The lowest BCUT2D eigenvalue weighted by Crippen LogP contribution is -2.24. The van der Waals surface area contributed by atoms with Crippen LogP contribution in [0.1, 0.15) is 27.6 Å². The molecule has 5 nitrogen and oxygen atoms in total. The van der Waals surface area contributed by atoms with Gasteiger partial charge in [0, 0.05) is 15.5 Å². The summed E-state index contributed by atoms with van der Waals surface area (Å²) in [5.74, 6) is -0.933. The molecule has 128 valence electrons. The number of nitrogens with one attached hydrogen (secondary N) is 1. The van der Waals surface area contributed by atoms with Crippen molar-refractivity contribution < 1.29 is 9.90 Å². The number of thiophene rings is 2. The molecule has 4 rings (SSSR count). The van der Waals surface area contributed by atoms with Gasteiger partial charge in [-0.25, -0.2) is 4.98 Å². The summed E-state index contributed by atoms with van der Waals surface area (Å²) >= 11 is 4.21. The average Bonchev–Trinajstić information content (AvgIpc) is 3.27. The van der Waals surface area contributed by atoms with E-state index in [1.807, 2.05) is 23.6 Å². The molecule has 0 saturated carbocycles. The van der Waals surface area contributed by atoms with E-state index in [-0.39, 0.29) is 11.3 Å². The third-order valence-corrected chi connectivity index (χ3v) is 6.98. The van der Waals surface area contributed by atoms with Crippen LogP contribution in [0.5, 0.6) is 0 Å². The Morgan fingerprint density at radius 1 is 1.44 bits per heavy atom.